The van der Waals surface area contributed by atoms with Gasteiger partial charge >= 0.3 is 0 Å². The van der Waals surface area contributed by atoms with Crippen molar-refractivity contribution in [3.63, 3.8) is 0 Å². The van der Waals surface area contributed by atoms with E-state index >= 15 is 0 Å². The van der Waals surface area contributed by atoms with Gasteiger partial charge in [-0.05, 0) is 37.3 Å². The molecule has 1 aliphatic carbocycles. The Bertz CT molecular complexity index is 448. The van der Waals surface area contributed by atoms with Crippen LogP contribution in [0.25, 0.3) is 0 Å². The monoisotopic (exact) mass is 276 g/mol. The maximum absolute atomic E-state index is 11.9. The second-order valence-electron chi connectivity index (χ2n) is 5.70. The van der Waals surface area contributed by atoms with Gasteiger partial charge < -0.3 is 15.8 Å². The van der Waals surface area contributed by atoms with Crippen molar-refractivity contribution < 1.29 is 9.53 Å². The number of carbonyl (C=O) groups is 1. The Hall–Kier alpha value is -1.71. The molecular formula is C16H24N2O2. The fraction of sp³-hybridized carbons (Fsp3) is 0.562. The van der Waals surface area contributed by atoms with Gasteiger partial charge in [0.2, 0.25) is 0 Å². The van der Waals surface area contributed by atoms with Gasteiger partial charge in [-0.1, -0.05) is 31.9 Å². The van der Waals surface area contributed by atoms with Gasteiger partial charge in [0.05, 0.1) is 5.69 Å². The van der Waals surface area contributed by atoms with Crippen LogP contribution in [-0.2, 0) is 4.79 Å². The number of amides is 1. The third kappa shape index (κ3) is 4.44. The summed E-state index contributed by atoms with van der Waals surface area (Å²) in [5.41, 5.74) is 6.33. The van der Waals surface area contributed by atoms with Crippen LogP contribution in [-0.4, -0.2) is 18.6 Å². The number of ether oxygens (including phenoxy) is 1. The molecule has 0 spiro atoms. The Kier molecular flexibility index (Phi) is 5.27. The van der Waals surface area contributed by atoms with Crippen LogP contribution in [0.1, 0.15) is 39.0 Å². The molecule has 1 aromatic rings. The van der Waals surface area contributed by atoms with Crippen LogP contribution in [0, 0.1) is 5.92 Å². The molecule has 1 saturated carbocycles. The van der Waals surface area contributed by atoms with Gasteiger partial charge in [-0.3, -0.25) is 4.79 Å². The first-order valence-corrected chi connectivity index (χ1v) is 7.42. The van der Waals surface area contributed by atoms with Crippen molar-refractivity contribution in [3.8, 4) is 5.75 Å². The zero-order valence-corrected chi connectivity index (χ0v) is 12.1. The van der Waals surface area contributed by atoms with Crippen molar-refractivity contribution >= 4 is 11.6 Å². The van der Waals surface area contributed by atoms with Crippen LogP contribution < -0.4 is 15.8 Å². The summed E-state index contributed by atoms with van der Waals surface area (Å²) in [5.74, 6) is 1.28. The van der Waals surface area contributed by atoms with Gasteiger partial charge in [-0.25, -0.2) is 0 Å². The summed E-state index contributed by atoms with van der Waals surface area (Å²) in [7, 11) is 0. The summed E-state index contributed by atoms with van der Waals surface area (Å²) >= 11 is 0. The number of carbonyl (C=O) groups excluding carboxylic acids is 1. The maximum Gasteiger partial charge on any atom is 0.258 e. The predicted molar refractivity (Wildman–Crippen MR) is 80.5 cm³/mol. The van der Waals surface area contributed by atoms with Crippen LogP contribution in [0.2, 0.25) is 0 Å². The molecule has 110 valence electrons. The SMILES string of the molecule is CC1CCCC(NC(=O)COc2ccccc2N)CC1. The number of hydrogen-bond acceptors (Lipinski definition) is 3. The van der Waals surface area contributed by atoms with Crippen LogP contribution in [0.4, 0.5) is 5.69 Å². The molecule has 2 atom stereocenters. The van der Waals surface area contributed by atoms with Crippen molar-refractivity contribution in [2.45, 2.75) is 45.1 Å². The molecule has 0 aromatic heterocycles. The lowest BCUT2D eigenvalue weighted by Crippen LogP contribution is -2.37. The van der Waals surface area contributed by atoms with Gasteiger partial charge in [0.1, 0.15) is 5.75 Å². The molecule has 1 aliphatic rings. The molecule has 1 amide bonds. The smallest absolute Gasteiger partial charge is 0.258 e. The van der Waals surface area contributed by atoms with E-state index in [1.54, 1.807) is 12.1 Å². The highest BCUT2D eigenvalue weighted by Gasteiger charge is 2.18. The molecule has 0 bridgehead atoms. The van der Waals surface area contributed by atoms with Crippen molar-refractivity contribution in [1.82, 2.24) is 5.32 Å². The van der Waals surface area contributed by atoms with Gasteiger partial charge in [0.25, 0.3) is 5.91 Å². The third-order valence-corrected chi connectivity index (χ3v) is 3.90. The maximum atomic E-state index is 11.9. The average molecular weight is 276 g/mol. The Morgan fingerprint density at radius 1 is 1.30 bits per heavy atom. The van der Waals surface area contributed by atoms with E-state index in [1.807, 2.05) is 12.1 Å². The number of anilines is 1. The zero-order chi connectivity index (χ0) is 14.4. The predicted octanol–water partition coefficient (Wildman–Crippen LogP) is 2.73. The fourth-order valence-corrected chi connectivity index (χ4v) is 2.66. The van der Waals surface area contributed by atoms with Crippen molar-refractivity contribution in [1.29, 1.82) is 0 Å². The molecule has 0 saturated heterocycles. The quantitative estimate of drug-likeness (QED) is 0.656. The van der Waals surface area contributed by atoms with E-state index in [0.717, 1.165) is 18.8 Å². The average Bonchev–Trinajstić information content (AvgIpc) is 2.63. The van der Waals surface area contributed by atoms with Gasteiger partial charge in [-0.2, -0.15) is 0 Å². The highest BCUT2D eigenvalue weighted by Crippen LogP contribution is 2.23. The summed E-state index contributed by atoms with van der Waals surface area (Å²) in [6, 6.07) is 7.52. The third-order valence-electron chi connectivity index (χ3n) is 3.90. The molecule has 1 fully saturated rings. The first kappa shape index (κ1) is 14.7. The van der Waals surface area contributed by atoms with Crippen LogP contribution >= 0.6 is 0 Å². The van der Waals surface area contributed by atoms with E-state index < -0.39 is 0 Å². The van der Waals surface area contributed by atoms with Crippen molar-refractivity contribution in [2.75, 3.05) is 12.3 Å². The number of rotatable bonds is 4. The Balaban J connectivity index is 1.76. The summed E-state index contributed by atoms with van der Waals surface area (Å²) in [6.45, 7) is 2.31. The molecule has 1 aromatic carbocycles. The molecular weight excluding hydrogens is 252 g/mol. The topological polar surface area (TPSA) is 64.3 Å². The van der Waals surface area contributed by atoms with E-state index in [0.29, 0.717) is 17.5 Å². The van der Waals surface area contributed by atoms with Crippen molar-refractivity contribution in [3.05, 3.63) is 24.3 Å². The van der Waals surface area contributed by atoms with Crippen LogP contribution in [0.3, 0.4) is 0 Å². The first-order chi connectivity index (χ1) is 9.65. The summed E-state index contributed by atoms with van der Waals surface area (Å²) in [4.78, 5) is 11.9. The largest absolute Gasteiger partial charge is 0.482 e. The minimum Gasteiger partial charge on any atom is -0.482 e. The molecule has 3 N–H and O–H groups in total. The molecule has 2 unspecified atom stereocenters. The molecule has 20 heavy (non-hydrogen) atoms. The second kappa shape index (κ2) is 7.17. The zero-order valence-electron chi connectivity index (χ0n) is 12.1. The summed E-state index contributed by atoms with van der Waals surface area (Å²) in [6.07, 6.45) is 5.80. The number of benzene rings is 1. The van der Waals surface area contributed by atoms with Crippen LogP contribution in [0.5, 0.6) is 5.75 Å². The van der Waals surface area contributed by atoms with Crippen molar-refractivity contribution in [2.24, 2.45) is 5.92 Å². The minimum absolute atomic E-state index is 0.0280. The Morgan fingerprint density at radius 3 is 2.90 bits per heavy atom. The second-order valence-corrected chi connectivity index (χ2v) is 5.70. The molecule has 4 nitrogen and oxygen atoms in total. The number of para-hydroxylation sites is 2. The lowest BCUT2D eigenvalue weighted by Gasteiger charge is -2.17. The van der Waals surface area contributed by atoms with Gasteiger partial charge in [-0.15, -0.1) is 0 Å². The molecule has 0 heterocycles. The summed E-state index contributed by atoms with van der Waals surface area (Å²) < 4.78 is 5.46. The normalized spacial score (nSPS) is 22.9. The van der Waals surface area contributed by atoms with Gasteiger partial charge in [0.15, 0.2) is 6.61 Å². The first-order valence-electron chi connectivity index (χ1n) is 7.42. The standard InChI is InChI=1S/C16H24N2O2/c1-12-5-4-6-13(10-9-12)18-16(19)11-20-15-8-3-2-7-14(15)17/h2-3,7-8,12-13H,4-6,9-11,17H2,1H3,(H,18,19). The van der Waals surface area contributed by atoms with E-state index in [9.17, 15) is 4.79 Å². The Labute approximate surface area is 120 Å². The Morgan fingerprint density at radius 2 is 2.10 bits per heavy atom. The highest BCUT2D eigenvalue weighted by atomic mass is 16.5. The number of nitrogen functional groups attached to an aromatic ring is 1. The van der Waals surface area contributed by atoms with E-state index in [4.69, 9.17) is 10.5 Å². The van der Waals surface area contributed by atoms with Crippen LogP contribution in [0.15, 0.2) is 24.3 Å². The lowest BCUT2D eigenvalue weighted by atomic mass is 10.0. The summed E-state index contributed by atoms with van der Waals surface area (Å²) in [5, 5.41) is 3.06. The molecule has 4 heteroatoms. The highest BCUT2D eigenvalue weighted by molar-refractivity contribution is 5.78. The van der Waals surface area contributed by atoms with E-state index in [2.05, 4.69) is 12.2 Å². The number of hydrogen-bond donors (Lipinski definition) is 2. The lowest BCUT2D eigenvalue weighted by molar-refractivity contribution is -0.123. The van der Waals surface area contributed by atoms with E-state index in [1.165, 1.54) is 19.3 Å². The number of nitrogens with two attached hydrogens (primary N) is 1. The molecule has 0 aliphatic heterocycles. The molecule has 0 radical (unpaired) electrons. The van der Waals surface area contributed by atoms with E-state index in [-0.39, 0.29) is 12.5 Å². The van der Waals surface area contributed by atoms with Gasteiger partial charge in [0, 0.05) is 6.04 Å². The molecule has 2 rings (SSSR count). The fourth-order valence-electron chi connectivity index (χ4n) is 2.66. The minimum atomic E-state index is -0.0622. The number of nitrogens with one attached hydrogen (secondary N) is 1.